The summed E-state index contributed by atoms with van der Waals surface area (Å²) in [6, 6.07) is 3.92. The summed E-state index contributed by atoms with van der Waals surface area (Å²) in [6.45, 7) is 4.88. The summed E-state index contributed by atoms with van der Waals surface area (Å²) in [5.74, 6) is -3.05. The summed E-state index contributed by atoms with van der Waals surface area (Å²) in [7, 11) is 0. The van der Waals surface area contributed by atoms with Gasteiger partial charge < -0.3 is 27.2 Å². The van der Waals surface area contributed by atoms with E-state index in [1.807, 2.05) is 0 Å². The van der Waals surface area contributed by atoms with Crippen LogP contribution in [0.1, 0.15) is 32.8 Å². The number of carbonyl (C=O) groups excluding carboxylic acids is 3. The zero-order chi connectivity index (χ0) is 22.8. The van der Waals surface area contributed by atoms with E-state index in [2.05, 4.69) is 10.6 Å². The lowest BCUT2D eigenvalue weighted by Crippen LogP contribution is -2.57. The van der Waals surface area contributed by atoms with Crippen LogP contribution < -0.4 is 22.1 Å². The average molecular weight is 425 g/mol. The van der Waals surface area contributed by atoms with E-state index in [0.29, 0.717) is 5.56 Å². The molecule has 0 fully saturated rings. The lowest BCUT2D eigenvalue weighted by molar-refractivity contribution is -0.135. The standard InChI is InChI=1S/C21H33FN4O4/c1-12(2)19(28)17(8-9-23)25-21(30)18(13(3)27)26-20(29)15(11-24)10-14-6-4-5-7-16(14)22/h4-7,12-13,15,17-18,27H,8-11,23-24H2,1-3H3,(H,25,30)(H,26,29)/t13?,15?,17-,18-/m0/s1. The summed E-state index contributed by atoms with van der Waals surface area (Å²) >= 11 is 0. The lowest BCUT2D eigenvalue weighted by Gasteiger charge is -2.26. The fourth-order valence-corrected chi connectivity index (χ4v) is 3.00. The molecule has 9 heteroatoms. The van der Waals surface area contributed by atoms with Gasteiger partial charge >= 0.3 is 0 Å². The van der Waals surface area contributed by atoms with E-state index in [0.717, 1.165) is 0 Å². The maximum absolute atomic E-state index is 13.9. The van der Waals surface area contributed by atoms with Crippen LogP contribution in [0.15, 0.2) is 24.3 Å². The monoisotopic (exact) mass is 424 g/mol. The number of Topliss-reactive ketones (excluding diaryl/α,β-unsaturated/α-hetero) is 1. The number of hydrogen-bond donors (Lipinski definition) is 5. The Balaban J connectivity index is 2.90. The fourth-order valence-electron chi connectivity index (χ4n) is 3.00. The van der Waals surface area contributed by atoms with Crippen molar-refractivity contribution in [3.8, 4) is 0 Å². The number of halogens is 1. The molecule has 0 spiro atoms. The summed E-state index contributed by atoms with van der Waals surface area (Å²) < 4.78 is 13.9. The van der Waals surface area contributed by atoms with Gasteiger partial charge in [-0.1, -0.05) is 32.0 Å². The SMILES string of the molecule is CC(C)C(=O)[C@H](CCN)NC(=O)[C@@H](NC(=O)C(CN)Cc1ccccc1F)C(C)O. The highest BCUT2D eigenvalue weighted by molar-refractivity contribution is 5.94. The number of amides is 2. The van der Waals surface area contributed by atoms with E-state index in [-0.39, 0.29) is 37.6 Å². The fraction of sp³-hybridized carbons (Fsp3) is 0.571. The van der Waals surface area contributed by atoms with Gasteiger partial charge in [-0.2, -0.15) is 0 Å². The molecule has 0 saturated carbocycles. The van der Waals surface area contributed by atoms with Crippen LogP contribution in [0.2, 0.25) is 0 Å². The highest BCUT2D eigenvalue weighted by Gasteiger charge is 2.32. The Morgan fingerprint density at radius 1 is 1.07 bits per heavy atom. The zero-order valence-electron chi connectivity index (χ0n) is 17.7. The molecule has 1 aromatic rings. The highest BCUT2D eigenvalue weighted by Crippen LogP contribution is 2.13. The quantitative estimate of drug-likeness (QED) is 0.316. The maximum atomic E-state index is 13.9. The molecule has 1 aromatic carbocycles. The average Bonchev–Trinajstić information content (AvgIpc) is 2.69. The van der Waals surface area contributed by atoms with Crippen molar-refractivity contribution in [2.45, 2.75) is 51.8 Å². The largest absolute Gasteiger partial charge is 0.391 e. The smallest absolute Gasteiger partial charge is 0.245 e. The molecule has 0 aliphatic rings. The first-order chi connectivity index (χ1) is 14.1. The lowest BCUT2D eigenvalue weighted by atomic mass is 9.96. The van der Waals surface area contributed by atoms with Crippen molar-refractivity contribution in [1.82, 2.24) is 10.6 Å². The van der Waals surface area contributed by atoms with E-state index < -0.39 is 41.7 Å². The number of hydrogen-bond acceptors (Lipinski definition) is 6. The minimum atomic E-state index is -1.30. The van der Waals surface area contributed by atoms with Crippen LogP contribution in [0, 0.1) is 17.7 Å². The van der Waals surface area contributed by atoms with Gasteiger partial charge in [0.1, 0.15) is 11.9 Å². The third-order valence-electron chi connectivity index (χ3n) is 4.83. The first-order valence-electron chi connectivity index (χ1n) is 10.1. The Morgan fingerprint density at radius 2 is 1.70 bits per heavy atom. The third kappa shape index (κ3) is 7.47. The molecule has 2 unspecified atom stereocenters. The van der Waals surface area contributed by atoms with E-state index >= 15 is 0 Å². The van der Waals surface area contributed by atoms with Crippen molar-refractivity contribution in [3.63, 3.8) is 0 Å². The Hall–Kier alpha value is -2.36. The van der Waals surface area contributed by atoms with Gasteiger partial charge in [-0.25, -0.2) is 4.39 Å². The molecule has 0 aromatic heterocycles. The van der Waals surface area contributed by atoms with E-state index in [9.17, 15) is 23.9 Å². The van der Waals surface area contributed by atoms with Gasteiger partial charge in [0, 0.05) is 12.5 Å². The van der Waals surface area contributed by atoms with Gasteiger partial charge in [-0.3, -0.25) is 14.4 Å². The van der Waals surface area contributed by atoms with Crippen molar-refractivity contribution >= 4 is 17.6 Å². The molecule has 0 heterocycles. The number of nitrogens with one attached hydrogen (secondary N) is 2. The molecule has 0 saturated heterocycles. The van der Waals surface area contributed by atoms with Crippen LogP contribution in [-0.2, 0) is 20.8 Å². The number of nitrogens with two attached hydrogens (primary N) is 2. The maximum Gasteiger partial charge on any atom is 0.245 e. The molecule has 8 nitrogen and oxygen atoms in total. The van der Waals surface area contributed by atoms with Gasteiger partial charge in [0.05, 0.1) is 18.1 Å². The van der Waals surface area contributed by atoms with Gasteiger partial charge in [-0.15, -0.1) is 0 Å². The summed E-state index contributed by atoms with van der Waals surface area (Å²) in [5.41, 5.74) is 11.5. The van der Waals surface area contributed by atoms with Crippen LogP contribution in [0.5, 0.6) is 0 Å². The van der Waals surface area contributed by atoms with Crippen molar-refractivity contribution in [3.05, 3.63) is 35.6 Å². The van der Waals surface area contributed by atoms with Gasteiger partial charge in [-0.05, 0) is 37.9 Å². The molecule has 1 rings (SSSR count). The number of rotatable bonds is 12. The van der Waals surface area contributed by atoms with Crippen LogP contribution >= 0.6 is 0 Å². The molecule has 168 valence electrons. The molecule has 0 aliphatic carbocycles. The molecule has 0 bridgehead atoms. The minimum absolute atomic E-state index is 0.0464. The van der Waals surface area contributed by atoms with Crippen molar-refractivity contribution in [2.75, 3.05) is 13.1 Å². The third-order valence-corrected chi connectivity index (χ3v) is 4.83. The number of aliphatic hydroxyl groups excluding tert-OH is 1. The molecular formula is C21H33FN4O4. The first kappa shape index (κ1) is 25.7. The first-order valence-corrected chi connectivity index (χ1v) is 10.1. The summed E-state index contributed by atoms with van der Waals surface area (Å²) in [4.78, 5) is 37.7. The Labute approximate surface area is 176 Å². The number of ketones is 1. The normalized spacial score (nSPS) is 15.2. The minimum Gasteiger partial charge on any atom is -0.391 e. The van der Waals surface area contributed by atoms with Gasteiger partial charge in [0.2, 0.25) is 11.8 Å². The molecule has 0 radical (unpaired) electrons. The second-order valence-electron chi connectivity index (χ2n) is 7.65. The zero-order valence-corrected chi connectivity index (χ0v) is 17.7. The van der Waals surface area contributed by atoms with Crippen LogP contribution in [0.4, 0.5) is 4.39 Å². The van der Waals surface area contributed by atoms with E-state index in [1.54, 1.807) is 32.0 Å². The number of carbonyl (C=O) groups is 3. The second kappa shape index (κ2) is 12.4. The molecular weight excluding hydrogens is 391 g/mol. The Morgan fingerprint density at radius 3 is 2.20 bits per heavy atom. The predicted molar refractivity (Wildman–Crippen MR) is 112 cm³/mol. The van der Waals surface area contributed by atoms with Crippen LogP contribution in [0.25, 0.3) is 0 Å². The van der Waals surface area contributed by atoms with Crippen molar-refractivity contribution in [2.24, 2.45) is 23.3 Å². The highest BCUT2D eigenvalue weighted by atomic mass is 19.1. The van der Waals surface area contributed by atoms with Crippen LogP contribution in [-0.4, -0.2) is 54.0 Å². The van der Waals surface area contributed by atoms with Crippen molar-refractivity contribution in [1.29, 1.82) is 0 Å². The topological polar surface area (TPSA) is 148 Å². The van der Waals surface area contributed by atoms with Gasteiger partial charge in [0.15, 0.2) is 5.78 Å². The van der Waals surface area contributed by atoms with E-state index in [1.165, 1.54) is 13.0 Å². The second-order valence-corrected chi connectivity index (χ2v) is 7.65. The summed E-state index contributed by atoms with van der Waals surface area (Å²) in [5, 5.41) is 15.1. The van der Waals surface area contributed by atoms with E-state index in [4.69, 9.17) is 11.5 Å². The number of benzene rings is 1. The molecule has 7 N–H and O–H groups in total. The Bertz CT molecular complexity index is 727. The van der Waals surface area contributed by atoms with Crippen molar-refractivity contribution < 1.29 is 23.9 Å². The van der Waals surface area contributed by atoms with Crippen LogP contribution in [0.3, 0.4) is 0 Å². The predicted octanol–water partition coefficient (Wildman–Crippen LogP) is -0.133. The molecule has 0 aliphatic heterocycles. The summed E-state index contributed by atoms with van der Waals surface area (Å²) in [6.07, 6.45) is -0.944. The number of aliphatic hydroxyl groups is 1. The molecule has 4 atom stereocenters. The van der Waals surface area contributed by atoms with Gasteiger partial charge in [0.25, 0.3) is 0 Å². The Kier molecular flexibility index (Phi) is 10.6. The molecule has 2 amide bonds. The molecule has 30 heavy (non-hydrogen) atoms.